The number of rotatable bonds is 30. The Hall–Kier alpha value is -0.400. The molecule has 0 aromatic rings. The number of allylic oxidation sites excluding steroid dienone is 3. The topological polar surface area (TPSA) is 130 Å². The monoisotopic (exact) mass is 640 g/mol. The van der Waals surface area contributed by atoms with Gasteiger partial charge >= 0.3 is 49.7 Å². The summed E-state index contributed by atoms with van der Waals surface area (Å²) in [6, 6.07) is 0. The van der Waals surface area contributed by atoms with Crippen LogP contribution in [-0.2, 0) is 9.59 Å². The molecule has 0 heterocycles. The molecule has 6 nitrogen and oxygen atoms in total. The van der Waals surface area contributed by atoms with E-state index in [2.05, 4.69) is 38.2 Å². The van der Waals surface area contributed by atoms with E-state index in [0.29, 0.717) is 12.8 Å². The van der Waals surface area contributed by atoms with Crippen molar-refractivity contribution in [3.63, 3.8) is 0 Å². The van der Waals surface area contributed by atoms with Crippen LogP contribution in [0.1, 0.15) is 187 Å². The number of carbonyl (C=O) groups is 2. The van der Waals surface area contributed by atoms with E-state index in [-0.39, 0.29) is 50.0 Å². The number of carboxylic acids is 2. The first kappa shape index (κ1) is 49.5. The minimum absolute atomic E-state index is 0. The van der Waals surface area contributed by atoms with Crippen LogP contribution < -0.4 is 6.15 Å². The van der Waals surface area contributed by atoms with E-state index in [4.69, 9.17) is 10.2 Å². The van der Waals surface area contributed by atoms with Crippen LogP contribution in [0.25, 0.3) is 0 Å². The van der Waals surface area contributed by atoms with Crippen molar-refractivity contribution in [2.24, 2.45) is 0 Å². The van der Waals surface area contributed by atoms with Gasteiger partial charge in [-0.05, 0) is 64.2 Å². The van der Waals surface area contributed by atoms with Gasteiger partial charge in [-0.3, -0.25) is 9.59 Å². The first-order valence-electron chi connectivity index (χ1n) is 17.4. The van der Waals surface area contributed by atoms with E-state index in [1.807, 2.05) is 0 Å². The maximum atomic E-state index is 10.3. The number of aliphatic carboxylic acids is 2. The zero-order chi connectivity index (χ0) is 30.7. The summed E-state index contributed by atoms with van der Waals surface area (Å²) in [5.74, 6) is -1.35. The van der Waals surface area contributed by atoms with E-state index in [0.717, 1.165) is 64.2 Å². The van der Waals surface area contributed by atoms with Gasteiger partial charge < -0.3 is 21.5 Å². The second kappa shape index (κ2) is 43.7. The van der Waals surface area contributed by atoms with Gasteiger partial charge in [0.1, 0.15) is 0 Å². The van der Waals surface area contributed by atoms with Gasteiger partial charge in [-0.2, -0.15) is 0 Å². The predicted molar refractivity (Wildman–Crippen MR) is 189 cm³/mol. The van der Waals surface area contributed by atoms with Crippen LogP contribution in [0.5, 0.6) is 0 Å². The van der Waals surface area contributed by atoms with E-state index in [1.165, 1.54) is 96.3 Å². The zero-order valence-corrected chi connectivity index (χ0v) is 27.8. The molecule has 0 aliphatic heterocycles. The molecule has 6 N–H and O–H groups in total. The molecule has 1 atom stereocenters. The average Bonchev–Trinajstić information content (AvgIpc) is 2.94. The van der Waals surface area contributed by atoms with Crippen molar-refractivity contribution < 1.29 is 24.9 Å². The van der Waals surface area contributed by atoms with E-state index in [1.54, 1.807) is 0 Å². The van der Waals surface area contributed by atoms with Crippen LogP contribution in [0.4, 0.5) is 0 Å². The van der Waals surface area contributed by atoms with Gasteiger partial charge in [0.25, 0.3) is 0 Å². The number of hydrogen-bond donors (Lipinski definition) is 4. The molecule has 254 valence electrons. The molecular formula is C36H73CaNO5. The van der Waals surface area contributed by atoms with Gasteiger partial charge in [0, 0.05) is 12.8 Å². The van der Waals surface area contributed by atoms with Gasteiger partial charge in [-0.15, -0.1) is 0 Å². The minimum atomic E-state index is -0.689. The Labute approximate surface area is 296 Å². The average molecular weight is 640 g/mol. The molecule has 0 aliphatic carbocycles. The molecule has 0 radical (unpaired) electrons. The summed E-state index contributed by atoms with van der Waals surface area (Å²) < 4.78 is 0. The molecule has 0 rings (SSSR count). The maximum absolute atomic E-state index is 10.3. The molecule has 0 saturated heterocycles. The van der Waals surface area contributed by atoms with Gasteiger partial charge in [0.15, 0.2) is 0 Å². The number of aliphatic hydroxyl groups excluding tert-OH is 1. The number of unbranched alkanes of at least 4 members (excludes halogenated alkanes) is 19. The van der Waals surface area contributed by atoms with Crippen molar-refractivity contribution in [1.29, 1.82) is 0 Å². The third-order valence-electron chi connectivity index (χ3n) is 7.38. The molecule has 0 aromatic carbocycles. The Bertz CT molecular complexity index is 612. The van der Waals surface area contributed by atoms with Crippen LogP contribution in [0.3, 0.4) is 0 Å². The number of hydrogen-bond acceptors (Lipinski definition) is 4. The standard InChI is InChI=1S/C18H34O3.C18H34O2.Ca.H3N.2H/c1-2-3-4-11-14-17(19)15-12-9-7-5-6-8-10-13-16-18(20)21;1-2-3-4-5-6-7-8-9-10-11-12-13-14-15-16-17-18(19)20;;;;/h9,12,17,19H,2-8,10-11,13-16H2,1H3,(H,20,21);9-10H,2-8,11-17H2,1H3,(H,19,20);;1H3;;/b12-9-;10-9-;;;;/t17-;;;;;/m1...../s1. The van der Waals surface area contributed by atoms with Crippen LogP contribution in [0.2, 0.25) is 0 Å². The molecule has 0 aromatic heterocycles. The normalized spacial score (nSPS) is 11.5. The second-order valence-corrected chi connectivity index (χ2v) is 11.6. The molecule has 43 heavy (non-hydrogen) atoms. The SMILES string of the molecule is CCCCCCCC/C=C\CCCCCCCC(=O)O.CCCCCC[C@@H](O)C/C=C\CCCCCCCC(=O)O.N.[CaH2]. The summed E-state index contributed by atoms with van der Waals surface area (Å²) in [7, 11) is 0. The van der Waals surface area contributed by atoms with Gasteiger partial charge in [0.05, 0.1) is 6.10 Å². The van der Waals surface area contributed by atoms with Crippen LogP contribution >= 0.6 is 0 Å². The van der Waals surface area contributed by atoms with E-state index < -0.39 is 11.9 Å². The summed E-state index contributed by atoms with van der Waals surface area (Å²) in [6.45, 7) is 4.46. The Balaban J connectivity index is -0.000000338. The fourth-order valence-corrected chi connectivity index (χ4v) is 4.71. The number of aliphatic hydroxyl groups is 1. The number of carboxylic acid groups (broad SMARTS) is 2. The van der Waals surface area contributed by atoms with Crippen molar-refractivity contribution in [2.45, 2.75) is 193 Å². The predicted octanol–water partition coefficient (Wildman–Crippen LogP) is 10.4. The quantitative estimate of drug-likeness (QED) is 0.0351. The first-order valence-corrected chi connectivity index (χ1v) is 17.4. The summed E-state index contributed by atoms with van der Waals surface area (Å²) in [5, 5.41) is 26.8. The van der Waals surface area contributed by atoms with E-state index in [9.17, 15) is 14.7 Å². The molecule has 0 aliphatic rings. The van der Waals surface area contributed by atoms with Gasteiger partial charge in [0.2, 0.25) is 0 Å². The molecule has 0 saturated carbocycles. The Morgan fingerprint density at radius 2 is 0.837 bits per heavy atom. The van der Waals surface area contributed by atoms with Gasteiger partial charge in [-0.25, -0.2) is 0 Å². The summed E-state index contributed by atoms with van der Waals surface area (Å²) >= 11 is 0. The van der Waals surface area contributed by atoms with Crippen molar-refractivity contribution in [2.75, 3.05) is 0 Å². The third kappa shape index (κ3) is 51.5. The van der Waals surface area contributed by atoms with E-state index >= 15 is 0 Å². The van der Waals surface area contributed by atoms with Crippen LogP contribution in [-0.4, -0.2) is 71.1 Å². The van der Waals surface area contributed by atoms with Crippen LogP contribution in [0.15, 0.2) is 24.3 Å². The zero-order valence-electron chi connectivity index (χ0n) is 27.8. The second-order valence-electron chi connectivity index (χ2n) is 11.6. The molecule has 0 fully saturated rings. The van der Waals surface area contributed by atoms with Gasteiger partial charge in [-0.1, -0.05) is 134 Å². The molecule has 0 amide bonds. The Kier molecular flexibility index (Phi) is 50.3. The molecule has 7 heteroatoms. The van der Waals surface area contributed by atoms with Crippen LogP contribution in [0, 0.1) is 0 Å². The van der Waals surface area contributed by atoms with Crippen molar-refractivity contribution in [3.8, 4) is 0 Å². The Morgan fingerprint density at radius 1 is 0.512 bits per heavy atom. The molecule has 0 unspecified atom stereocenters. The first-order chi connectivity index (χ1) is 19.9. The summed E-state index contributed by atoms with van der Waals surface area (Å²) in [5.41, 5.74) is 0. The van der Waals surface area contributed by atoms with Crippen molar-refractivity contribution in [3.05, 3.63) is 24.3 Å². The third-order valence-corrected chi connectivity index (χ3v) is 7.38. The van der Waals surface area contributed by atoms with Crippen molar-refractivity contribution in [1.82, 2.24) is 6.15 Å². The fourth-order valence-electron chi connectivity index (χ4n) is 4.71. The molecular weight excluding hydrogens is 566 g/mol. The summed E-state index contributed by atoms with van der Waals surface area (Å²) in [4.78, 5) is 20.7. The molecule has 0 bridgehead atoms. The molecule has 0 spiro atoms. The Morgan fingerprint density at radius 3 is 1.23 bits per heavy atom. The fraction of sp³-hybridized carbons (Fsp3) is 0.833. The summed E-state index contributed by atoms with van der Waals surface area (Å²) in [6.07, 6.45) is 38.6. The van der Waals surface area contributed by atoms with Crippen molar-refractivity contribution >= 4 is 49.7 Å².